The lowest BCUT2D eigenvalue weighted by Gasteiger charge is -2.35. The second kappa shape index (κ2) is 12.2. The van der Waals surface area contributed by atoms with Crippen molar-refractivity contribution >= 4 is 18.1 Å². The maximum absolute atomic E-state index is 13.8. The number of cyclic esters (lactones) is 1. The topological polar surface area (TPSA) is 96.4 Å². The van der Waals surface area contributed by atoms with Crippen molar-refractivity contribution in [3.63, 3.8) is 0 Å². The SMILES string of the molecule is CC(C)C[C@@H](CN(OC(c1ccccc1)C(C)(C)C)C(=O)O)C(=O)N1C(=O)OC[C@H]1Cc1ccccc1. The van der Waals surface area contributed by atoms with Crippen LogP contribution in [0.25, 0.3) is 0 Å². The Morgan fingerprint density at radius 2 is 1.68 bits per heavy atom. The Morgan fingerprint density at radius 3 is 2.22 bits per heavy atom. The third-order valence-electron chi connectivity index (χ3n) is 6.34. The molecule has 2 aromatic rings. The summed E-state index contributed by atoms with van der Waals surface area (Å²) in [5, 5.41) is 10.9. The number of hydroxylamine groups is 2. The zero-order chi connectivity index (χ0) is 27.2. The van der Waals surface area contributed by atoms with E-state index in [1.807, 2.05) is 95.3 Å². The molecule has 0 radical (unpaired) electrons. The summed E-state index contributed by atoms with van der Waals surface area (Å²) in [6.45, 7) is 9.72. The van der Waals surface area contributed by atoms with Crippen LogP contribution < -0.4 is 0 Å². The first-order valence-corrected chi connectivity index (χ1v) is 12.7. The van der Waals surface area contributed by atoms with Crippen LogP contribution in [0.3, 0.4) is 0 Å². The van der Waals surface area contributed by atoms with Gasteiger partial charge in [0.2, 0.25) is 5.91 Å². The fourth-order valence-corrected chi connectivity index (χ4v) is 4.63. The third-order valence-corrected chi connectivity index (χ3v) is 6.34. The van der Waals surface area contributed by atoms with Crippen molar-refractivity contribution in [3.05, 3.63) is 71.8 Å². The number of ether oxygens (including phenoxy) is 1. The van der Waals surface area contributed by atoms with E-state index >= 15 is 0 Å². The minimum Gasteiger partial charge on any atom is -0.463 e. The van der Waals surface area contributed by atoms with Crippen LogP contribution >= 0.6 is 0 Å². The summed E-state index contributed by atoms with van der Waals surface area (Å²) in [6.07, 6.45) is -1.70. The molecule has 1 N–H and O–H groups in total. The molecule has 2 aromatic carbocycles. The molecule has 37 heavy (non-hydrogen) atoms. The third kappa shape index (κ3) is 7.55. The summed E-state index contributed by atoms with van der Waals surface area (Å²) in [6, 6.07) is 18.5. The molecule has 1 saturated heterocycles. The number of carboxylic acid groups (broad SMARTS) is 1. The number of benzene rings is 2. The van der Waals surface area contributed by atoms with Crippen LogP contribution in [0, 0.1) is 17.3 Å². The van der Waals surface area contributed by atoms with Crippen molar-refractivity contribution in [2.45, 2.75) is 59.6 Å². The molecule has 1 aliphatic rings. The molecular weight excluding hydrogens is 472 g/mol. The monoisotopic (exact) mass is 510 g/mol. The molecule has 8 heteroatoms. The Bertz CT molecular complexity index is 1050. The minimum atomic E-state index is -1.29. The van der Waals surface area contributed by atoms with Crippen molar-refractivity contribution in [1.82, 2.24) is 9.96 Å². The van der Waals surface area contributed by atoms with Gasteiger partial charge in [-0.25, -0.2) is 14.5 Å². The van der Waals surface area contributed by atoms with Gasteiger partial charge in [0.05, 0.1) is 18.5 Å². The normalized spacial score (nSPS) is 17.4. The van der Waals surface area contributed by atoms with Gasteiger partial charge in [-0.2, -0.15) is 5.06 Å². The smallest absolute Gasteiger partial charge is 0.431 e. The van der Waals surface area contributed by atoms with E-state index in [2.05, 4.69) is 0 Å². The summed E-state index contributed by atoms with van der Waals surface area (Å²) < 4.78 is 5.25. The number of hydrogen-bond acceptors (Lipinski definition) is 5. The van der Waals surface area contributed by atoms with Gasteiger partial charge >= 0.3 is 12.2 Å². The molecule has 0 aromatic heterocycles. The van der Waals surface area contributed by atoms with Gasteiger partial charge in [0.25, 0.3) is 0 Å². The number of nitrogens with zero attached hydrogens (tertiary/aromatic N) is 2. The fraction of sp³-hybridized carbons (Fsp3) is 0.483. The lowest BCUT2D eigenvalue weighted by molar-refractivity contribution is -0.208. The molecule has 1 unspecified atom stereocenters. The molecule has 8 nitrogen and oxygen atoms in total. The van der Waals surface area contributed by atoms with Crippen molar-refractivity contribution in [3.8, 4) is 0 Å². The molecule has 0 aliphatic carbocycles. The largest absolute Gasteiger partial charge is 0.463 e. The van der Waals surface area contributed by atoms with Crippen molar-refractivity contribution < 1.29 is 29.1 Å². The molecule has 0 spiro atoms. The van der Waals surface area contributed by atoms with Gasteiger partial charge in [0.1, 0.15) is 12.7 Å². The van der Waals surface area contributed by atoms with Crippen LogP contribution in [0.5, 0.6) is 0 Å². The van der Waals surface area contributed by atoms with E-state index in [4.69, 9.17) is 9.57 Å². The standard InChI is InChI=1S/C29H38N2O6/c1-20(2)16-23(26(32)31-24(19-36-28(31)35)17-21-12-8-6-9-13-21)18-30(27(33)34)37-25(29(3,4)5)22-14-10-7-11-15-22/h6-15,20,23-25H,16-19H2,1-5H3,(H,33,34)/t23-,24+,25?/m0/s1. The highest BCUT2D eigenvalue weighted by atomic mass is 16.7. The molecule has 200 valence electrons. The second-order valence-corrected chi connectivity index (χ2v) is 11.1. The highest BCUT2D eigenvalue weighted by Crippen LogP contribution is 2.37. The second-order valence-electron chi connectivity index (χ2n) is 11.1. The van der Waals surface area contributed by atoms with Crippen LogP contribution in [-0.2, 0) is 20.8 Å². The molecule has 3 atom stereocenters. The number of hydrogen-bond donors (Lipinski definition) is 1. The predicted octanol–water partition coefficient (Wildman–Crippen LogP) is 5.94. The first-order valence-electron chi connectivity index (χ1n) is 12.7. The number of imide groups is 1. The van der Waals surface area contributed by atoms with E-state index in [-0.39, 0.29) is 19.1 Å². The molecule has 1 heterocycles. The van der Waals surface area contributed by atoms with Crippen LogP contribution in [0.2, 0.25) is 0 Å². The minimum absolute atomic E-state index is 0.0864. The zero-order valence-corrected chi connectivity index (χ0v) is 22.3. The molecule has 0 bridgehead atoms. The molecule has 3 rings (SSSR count). The van der Waals surface area contributed by atoms with Crippen molar-refractivity contribution in [2.24, 2.45) is 17.3 Å². The summed E-state index contributed by atoms with van der Waals surface area (Å²) >= 11 is 0. The summed E-state index contributed by atoms with van der Waals surface area (Å²) in [7, 11) is 0. The lowest BCUT2D eigenvalue weighted by Crippen LogP contribution is -2.48. The van der Waals surface area contributed by atoms with E-state index in [1.54, 1.807) is 0 Å². The maximum Gasteiger partial charge on any atom is 0.431 e. The Hall–Kier alpha value is -3.39. The van der Waals surface area contributed by atoms with Crippen LogP contribution in [0.4, 0.5) is 9.59 Å². The van der Waals surface area contributed by atoms with Gasteiger partial charge in [-0.3, -0.25) is 9.63 Å². The lowest BCUT2D eigenvalue weighted by atomic mass is 9.85. The van der Waals surface area contributed by atoms with E-state index in [1.165, 1.54) is 4.90 Å². The Balaban J connectivity index is 1.85. The number of carbonyl (C=O) groups is 3. The first kappa shape index (κ1) is 28.2. The fourth-order valence-electron chi connectivity index (χ4n) is 4.63. The van der Waals surface area contributed by atoms with E-state index < -0.39 is 41.6 Å². The maximum atomic E-state index is 13.8. The average Bonchev–Trinajstić information content (AvgIpc) is 3.20. The van der Waals surface area contributed by atoms with Gasteiger partial charge in [-0.05, 0) is 35.3 Å². The number of amides is 3. The van der Waals surface area contributed by atoms with Gasteiger partial charge in [0, 0.05) is 0 Å². The van der Waals surface area contributed by atoms with Crippen LogP contribution in [0.1, 0.15) is 58.3 Å². The van der Waals surface area contributed by atoms with Crippen LogP contribution in [-0.4, -0.2) is 52.4 Å². The summed E-state index contributed by atoms with van der Waals surface area (Å²) in [5.41, 5.74) is 1.39. The van der Waals surface area contributed by atoms with Crippen LogP contribution in [0.15, 0.2) is 60.7 Å². The van der Waals surface area contributed by atoms with Crippen molar-refractivity contribution in [1.29, 1.82) is 0 Å². The van der Waals surface area contributed by atoms with E-state index in [9.17, 15) is 19.5 Å². The molecular formula is C29H38N2O6. The van der Waals surface area contributed by atoms with E-state index in [0.717, 1.165) is 16.2 Å². The Labute approximate surface area is 219 Å². The van der Waals surface area contributed by atoms with Gasteiger partial charge < -0.3 is 9.84 Å². The average molecular weight is 511 g/mol. The van der Waals surface area contributed by atoms with Gasteiger partial charge in [-0.1, -0.05) is 95.3 Å². The molecule has 0 saturated carbocycles. The Kier molecular flexibility index (Phi) is 9.32. The van der Waals surface area contributed by atoms with Crippen molar-refractivity contribution in [2.75, 3.05) is 13.2 Å². The molecule has 3 amide bonds. The zero-order valence-electron chi connectivity index (χ0n) is 22.3. The van der Waals surface area contributed by atoms with E-state index in [0.29, 0.717) is 12.8 Å². The number of carbonyl (C=O) groups excluding carboxylic acids is 2. The molecule has 1 fully saturated rings. The first-order chi connectivity index (χ1) is 17.5. The Morgan fingerprint density at radius 1 is 1.08 bits per heavy atom. The highest BCUT2D eigenvalue weighted by molar-refractivity contribution is 5.95. The quantitative estimate of drug-likeness (QED) is 0.398. The number of rotatable bonds is 10. The van der Waals surface area contributed by atoms with Gasteiger partial charge in [-0.15, -0.1) is 0 Å². The molecule has 1 aliphatic heterocycles. The predicted molar refractivity (Wildman–Crippen MR) is 140 cm³/mol. The summed E-state index contributed by atoms with van der Waals surface area (Å²) in [4.78, 5) is 46.0. The van der Waals surface area contributed by atoms with Gasteiger partial charge in [0.15, 0.2) is 0 Å². The highest BCUT2D eigenvalue weighted by Gasteiger charge is 2.42. The summed E-state index contributed by atoms with van der Waals surface area (Å²) in [5.74, 6) is -1.14.